The molecule has 2 aromatic rings. The second-order valence-electron chi connectivity index (χ2n) is 5.03. The lowest BCUT2D eigenvalue weighted by atomic mass is 10.0. The average Bonchev–Trinajstić information content (AvgIpc) is 2.47. The van der Waals surface area contributed by atoms with Crippen molar-refractivity contribution in [3.8, 4) is 0 Å². The first-order valence-electron chi connectivity index (χ1n) is 6.80. The number of hydrogen-bond donors (Lipinski definition) is 1. The van der Waals surface area contributed by atoms with E-state index in [0.717, 1.165) is 29.2 Å². The summed E-state index contributed by atoms with van der Waals surface area (Å²) in [6.45, 7) is 2.86. The van der Waals surface area contributed by atoms with Gasteiger partial charge in [0.1, 0.15) is 5.82 Å². The molecule has 0 saturated carbocycles. The molecule has 4 heteroatoms. The predicted octanol–water partition coefficient (Wildman–Crippen LogP) is 3.86. The molecule has 1 unspecified atom stereocenters. The Morgan fingerprint density at radius 2 is 2.30 bits per heavy atom. The summed E-state index contributed by atoms with van der Waals surface area (Å²) >= 11 is 1.62. The van der Waals surface area contributed by atoms with Crippen LogP contribution in [0.1, 0.15) is 29.2 Å². The van der Waals surface area contributed by atoms with E-state index in [4.69, 9.17) is 0 Å². The minimum atomic E-state index is -0.100. The molecular formula is C16H17FN2S. The Hall–Kier alpha value is -1.39. The molecule has 0 spiro atoms. The zero-order valence-electron chi connectivity index (χ0n) is 11.4. The molecule has 0 radical (unpaired) electrons. The molecule has 1 aliphatic rings. The predicted molar refractivity (Wildman–Crippen MR) is 80.3 cm³/mol. The minimum Gasteiger partial charge on any atom is -0.306 e. The fourth-order valence-electron chi connectivity index (χ4n) is 2.51. The number of rotatable bonds is 3. The highest BCUT2D eigenvalue weighted by atomic mass is 32.2. The van der Waals surface area contributed by atoms with E-state index in [-0.39, 0.29) is 11.9 Å². The Labute approximate surface area is 122 Å². The monoisotopic (exact) mass is 288 g/mol. The van der Waals surface area contributed by atoms with Crippen molar-refractivity contribution in [3.05, 3.63) is 59.2 Å². The molecule has 2 nitrogen and oxygen atoms in total. The molecule has 104 valence electrons. The number of fused-ring (bicyclic) bond motifs is 1. The Kier molecular flexibility index (Phi) is 4.03. The van der Waals surface area contributed by atoms with E-state index in [2.05, 4.69) is 17.2 Å². The number of halogens is 1. The normalized spacial score (nSPS) is 17.8. The first-order valence-corrected chi connectivity index (χ1v) is 7.78. The zero-order chi connectivity index (χ0) is 13.9. The molecule has 0 saturated heterocycles. The van der Waals surface area contributed by atoms with Gasteiger partial charge in [0.25, 0.3) is 0 Å². The van der Waals surface area contributed by atoms with Crippen molar-refractivity contribution in [1.29, 1.82) is 0 Å². The van der Waals surface area contributed by atoms with E-state index in [1.54, 1.807) is 30.1 Å². The largest absolute Gasteiger partial charge is 0.306 e. The van der Waals surface area contributed by atoms with Crippen LogP contribution in [0, 0.1) is 12.7 Å². The van der Waals surface area contributed by atoms with Crippen LogP contribution >= 0.6 is 11.8 Å². The lowest BCUT2D eigenvalue weighted by molar-refractivity contribution is 0.495. The smallest absolute Gasteiger partial charge is 0.137 e. The van der Waals surface area contributed by atoms with Crippen LogP contribution in [0.25, 0.3) is 0 Å². The van der Waals surface area contributed by atoms with Gasteiger partial charge < -0.3 is 5.32 Å². The standard InChI is InChI=1S/C16H17FN2S/c1-11-5-7-18-9-12(11)10-19-15-6-8-20-16-13(15)3-2-4-14(16)17/h2-5,7,9,15,19H,6,8,10H2,1H3. The second kappa shape index (κ2) is 5.94. The average molecular weight is 288 g/mol. The number of benzene rings is 1. The number of nitrogens with one attached hydrogen (secondary N) is 1. The van der Waals surface area contributed by atoms with Gasteiger partial charge in [-0.25, -0.2) is 4.39 Å². The molecule has 20 heavy (non-hydrogen) atoms. The summed E-state index contributed by atoms with van der Waals surface area (Å²) in [5, 5.41) is 3.54. The Morgan fingerprint density at radius 1 is 1.40 bits per heavy atom. The van der Waals surface area contributed by atoms with Crippen molar-refractivity contribution in [1.82, 2.24) is 10.3 Å². The zero-order valence-corrected chi connectivity index (χ0v) is 12.2. The van der Waals surface area contributed by atoms with Crippen LogP contribution in [-0.4, -0.2) is 10.7 Å². The van der Waals surface area contributed by atoms with Crippen molar-refractivity contribution in [2.45, 2.75) is 30.8 Å². The molecule has 3 rings (SSSR count). The van der Waals surface area contributed by atoms with E-state index in [0.29, 0.717) is 0 Å². The third-order valence-corrected chi connectivity index (χ3v) is 4.87. The number of aryl methyl sites for hydroxylation is 1. The third-order valence-electron chi connectivity index (χ3n) is 3.71. The number of hydrogen-bond acceptors (Lipinski definition) is 3. The van der Waals surface area contributed by atoms with Crippen molar-refractivity contribution in [3.63, 3.8) is 0 Å². The van der Waals surface area contributed by atoms with Crippen LogP contribution in [0.4, 0.5) is 4.39 Å². The topological polar surface area (TPSA) is 24.9 Å². The van der Waals surface area contributed by atoms with Gasteiger partial charge in [0.2, 0.25) is 0 Å². The van der Waals surface area contributed by atoms with E-state index < -0.39 is 0 Å². The lowest BCUT2D eigenvalue weighted by Crippen LogP contribution is -2.25. The van der Waals surface area contributed by atoms with Crippen LogP contribution in [0.15, 0.2) is 41.6 Å². The molecular weight excluding hydrogens is 271 g/mol. The summed E-state index contributed by atoms with van der Waals surface area (Å²) in [5.41, 5.74) is 3.52. The Morgan fingerprint density at radius 3 is 3.15 bits per heavy atom. The van der Waals surface area contributed by atoms with Gasteiger partial charge >= 0.3 is 0 Å². The fraction of sp³-hybridized carbons (Fsp3) is 0.312. The summed E-state index contributed by atoms with van der Waals surface area (Å²) < 4.78 is 13.8. The summed E-state index contributed by atoms with van der Waals surface area (Å²) in [6, 6.07) is 7.60. The fourth-order valence-corrected chi connectivity index (χ4v) is 3.65. The number of thioether (sulfide) groups is 1. The molecule has 1 aliphatic heterocycles. The summed E-state index contributed by atoms with van der Waals surface area (Å²) in [7, 11) is 0. The van der Waals surface area contributed by atoms with Crippen LogP contribution in [-0.2, 0) is 6.54 Å². The molecule has 1 aromatic heterocycles. The first-order chi connectivity index (χ1) is 9.75. The Balaban J connectivity index is 1.77. The van der Waals surface area contributed by atoms with E-state index in [9.17, 15) is 4.39 Å². The van der Waals surface area contributed by atoms with E-state index in [1.807, 2.05) is 18.3 Å². The molecule has 0 fully saturated rings. The van der Waals surface area contributed by atoms with Gasteiger partial charge in [-0.2, -0.15) is 0 Å². The van der Waals surface area contributed by atoms with E-state index in [1.165, 1.54) is 11.1 Å². The number of aromatic nitrogens is 1. The molecule has 0 aliphatic carbocycles. The van der Waals surface area contributed by atoms with Gasteiger partial charge in [0.15, 0.2) is 0 Å². The van der Waals surface area contributed by atoms with Gasteiger partial charge in [-0.1, -0.05) is 12.1 Å². The van der Waals surface area contributed by atoms with Crippen molar-refractivity contribution in [2.24, 2.45) is 0 Å². The number of nitrogens with zero attached hydrogens (tertiary/aromatic N) is 1. The Bertz CT molecular complexity index is 615. The van der Waals surface area contributed by atoms with Gasteiger partial charge in [0, 0.05) is 29.9 Å². The maximum absolute atomic E-state index is 13.8. The van der Waals surface area contributed by atoms with Gasteiger partial charge in [-0.05, 0) is 47.9 Å². The molecule has 0 amide bonds. The van der Waals surface area contributed by atoms with Gasteiger partial charge in [0.05, 0.1) is 0 Å². The van der Waals surface area contributed by atoms with E-state index >= 15 is 0 Å². The maximum Gasteiger partial charge on any atom is 0.137 e. The van der Waals surface area contributed by atoms with Crippen molar-refractivity contribution in [2.75, 3.05) is 5.75 Å². The minimum absolute atomic E-state index is 0.100. The lowest BCUT2D eigenvalue weighted by Gasteiger charge is -2.26. The quantitative estimate of drug-likeness (QED) is 0.928. The summed E-state index contributed by atoms with van der Waals surface area (Å²) in [6.07, 6.45) is 4.73. The van der Waals surface area contributed by atoms with Crippen LogP contribution < -0.4 is 5.32 Å². The third kappa shape index (κ3) is 2.72. The van der Waals surface area contributed by atoms with Crippen LogP contribution in [0.2, 0.25) is 0 Å². The van der Waals surface area contributed by atoms with Gasteiger partial charge in [-0.15, -0.1) is 11.8 Å². The van der Waals surface area contributed by atoms with Crippen LogP contribution in [0.3, 0.4) is 0 Å². The molecule has 1 N–H and O–H groups in total. The number of pyridine rings is 1. The van der Waals surface area contributed by atoms with Crippen molar-refractivity contribution < 1.29 is 4.39 Å². The molecule has 1 atom stereocenters. The summed E-state index contributed by atoms with van der Waals surface area (Å²) in [4.78, 5) is 4.97. The highest BCUT2D eigenvalue weighted by molar-refractivity contribution is 7.99. The van der Waals surface area contributed by atoms with Crippen LogP contribution in [0.5, 0.6) is 0 Å². The highest BCUT2D eigenvalue weighted by Gasteiger charge is 2.22. The molecule has 2 heterocycles. The molecule has 0 bridgehead atoms. The van der Waals surface area contributed by atoms with Gasteiger partial charge in [-0.3, -0.25) is 4.98 Å². The first kappa shape index (κ1) is 13.6. The SMILES string of the molecule is Cc1ccncc1CNC1CCSc2c(F)cccc21. The summed E-state index contributed by atoms with van der Waals surface area (Å²) in [5.74, 6) is 0.856. The molecule has 1 aromatic carbocycles. The maximum atomic E-state index is 13.8. The second-order valence-corrected chi connectivity index (χ2v) is 6.14. The highest BCUT2D eigenvalue weighted by Crippen LogP contribution is 2.37. The van der Waals surface area contributed by atoms with Crippen molar-refractivity contribution >= 4 is 11.8 Å².